The number of aryl methyl sites for hydroxylation is 1. The number of piperidine rings is 1. The first-order chi connectivity index (χ1) is 11.1. The van der Waals surface area contributed by atoms with E-state index in [1.807, 2.05) is 12.1 Å². The molecule has 0 spiro atoms. The molecule has 0 saturated carbocycles. The highest BCUT2D eigenvalue weighted by Gasteiger charge is 2.21. The maximum absolute atomic E-state index is 6.19. The molecule has 0 aromatic heterocycles. The van der Waals surface area contributed by atoms with Crippen LogP contribution in [0.1, 0.15) is 24.0 Å². The van der Waals surface area contributed by atoms with Crippen molar-refractivity contribution in [3.8, 4) is 0 Å². The number of nitrogens with zero attached hydrogens (tertiary/aromatic N) is 1. The Labute approximate surface area is 148 Å². The van der Waals surface area contributed by atoms with Gasteiger partial charge in [0.15, 0.2) is 0 Å². The van der Waals surface area contributed by atoms with Gasteiger partial charge in [-0.1, -0.05) is 47.0 Å². The van der Waals surface area contributed by atoms with Crippen molar-refractivity contribution < 1.29 is 0 Å². The normalized spacial score (nSPS) is 15.6. The molecule has 1 N–H and O–H groups in total. The lowest BCUT2D eigenvalue weighted by atomic mass is 10.0. The molecule has 2 nitrogen and oxygen atoms in total. The van der Waals surface area contributed by atoms with Gasteiger partial charge < -0.3 is 10.2 Å². The summed E-state index contributed by atoms with van der Waals surface area (Å²) in [5.41, 5.74) is 3.75. The van der Waals surface area contributed by atoms with E-state index >= 15 is 0 Å². The summed E-state index contributed by atoms with van der Waals surface area (Å²) in [5.74, 6) is 0. The molecule has 1 heterocycles. The van der Waals surface area contributed by atoms with E-state index in [2.05, 4.69) is 47.5 Å². The largest absolute Gasteiger partial charge is 0.364 e. The van der Waals surface area contributed by atoms with Crippen LogP contribution in [0.3, 0.4) is 0 Å². The van der Waals surface area contributed by atoms with E-state index in [1.54, 1.807) is 0 Å². The second-order valence-electron chi connectivity index (χ2n) is 6.19. The summed E-state index contributed by atoms with van der Waals surface area (Å²) in [6.07, 6.45) is 2.32. The lowest BCUT2D eigenvalue weighted by molar-refractivity contribution is 0.428. The monoisotopic (exact) mass is 348 g/mol. The topological polar surface area (TPSA) is 15.3 Å². The summed E-state index contributed by atoms with van der Waals surface area (Å²) >= 11 is 12.2. The number of nitrogens with one attached hydrogen (secondary N) is 1. The fourth-order valence-electron chi connectivity index (χ4n) is 3.12. The first-order valence-corrected chi connectivity index (χ1v) is 8.87. The third-order valence-corrected chi connectivity index (χ3v) is 5.19. The third kappa shape index (κ3) is 4.20. The van der Waals surface area contributed by atoms with Crippen molar-refractivity contribution in [1.29, 1.82) is 0 Å². The summed E-state index contributed by atoms with van der Waals surface area (Å²) in [6.45, 7) is 5.13. The maximum atomic E-state index is 6.19. The number of hydrogen-bond donors (Lipinski definition) is 1. The highest BCUT2D eigenvalue weighted by Crippen LogP contribution is 2.27. The Bertz CT molecular complexity index is 649. The average Bonchev–Trinajstić information content (AvgIpc) is 2.58. The van der Waals surface area contributed by atoms with Crippen molar-refractivity contribution in [2.75, 3.05) is 18.0 Å². The van der Waals surface area contributed by atoms with Gasteiger partial charge in [0.25, 0.3) is 0 Å². The highest BCUT2D eigenvalue weighted by atomic mass is 35.5. The van der Waals surface area contributed by atoms with Gasteiger partial charge in [-0.15, -0.1) is 0 Å². The van der Waals surface area contributed by atoms with Crippen LogP contribution in [0.15, 0.2) is 42.5 Å². The number of rotatable bonds is 4. The molecule has 0 bridgehead atoms. The summed E-state index contributed by atoms with van der Waals surface area (Å²) in [4.78, 5) is 2.50. The van der Waals surface area contributed by atoms with Gasteiger partial charge in [0, 0.05) is 18.3 Å². The van der Waals surface area contributed by atoms with Gasteiger partial charge in [0.2, 0.25) is 0 Å². The highest BCUT2D eigenvalue weighted by molar-refractivity contribution is 6.42. The molecule has 1 saturated heterocycles. The second-order valence-corrected chi connectivity index (χ2v) is 7.01. The SMILES string of the molecule is Cc1ccc(N(Cc2ccc(Cl)c(Cl)c2)C2CCNCC2)cc1. The molecule has 1 aliphatic rings. The van der Waals surface area contributed by atoms with Crippen LogP contribution in [0.25, 0.3) is 0 Å². The van der Waals surface area contributed by atoms with Crippen LogP contribution < -0.4 is 10.2 Å². The van der Waals surface area contributed by atoms with Crippen molar-refractivity contribution in [3.63, 3.8) is 0 Å². The standard InChI is InChI=1S/C19H22Cl2N2/c1-14-2-5-16(6-3-14)23(17-8-10-22-11-9-17)13-15-4-7-18(20)19(21)12-15/h2-7,12,17,22H,8-11,13H2,1H3. The number of benzene rings is 2. The van der Waals surface area contributed by atoms with E-state index in [1.165, 1.54) is 16.8 Å². The van der Waals surface area contributed by atoms with E-state index in [4.69, 9.17) is 23.2 Å². The average molecular weight is 349 g/mol. The molecule has 1 aliphatic heterocycles. The summed E-state index contributed by atoms with van der Waals surface area (Å²) in [5, 5.41) is 4.68. The molecule has 23 heavy (non-hydrogen) atoms. The first kappa shape index (κ1) is 16.6. The number of halogens is 2. The Balaban J connectivity index is 1.87. The quantitative estimate of drug-likeness (QED) is 0.830. The van der Waals surface area contributed by atoms with Gasteiger partial charge in [-0.3, -0.25) is 0 Å². The van der Waals surface area contributed by atoms with Crippen LogP contribution in [0.4, 0.5) is 5.69 Å². The number of anilines is 1. The van der Waals surface area contributed by atoms with Crippen molar-refractivity contribution in [3.05, 3.63) is 63.6 Å². The fraction of sp³-hybridized carbons (Fsp3) is 0.368. The Hall–Kier alpha value is -1.22. The van der Waals surface area contributed by atoms with E-state index in [0.717, 1.165) is 32.5 Å². The Morgan fingerprint density at radius 1 is 1.00 bits per heavy atom. The Kier molecular flexibility index (Phi) is 5.47. The molecule has 2 aromatic rings. The molecule has 4 heteroatoms. The van der Waals surface area contributed by atoms with Crippen molar-refractivity contribution in [2.45, 2.75) is 32.4 Å². The van der Waals surface area contributed by atoms with Crippen LogP contribution >= 0.6 is 23.2 Å². The molecule has 1 fully saturated rings. The predicted molar refractivity (Wildman–Crippen MR) is 99.7 cm³/mol. The van der Waals surface area contributed by atoms with E-state index < -0.39 is 0 Å². The Morgan fingerprint density at radius 3 is 2.35 bits per heavy atom. The van der Waals surface area contributed by atoms with Gasteiger partial charge in [0.05, 0.1) is 10.0 Å². The molecule has 122 valence electrons. The molecule has 0 radical (unpaired) electrons. The van der Waals surface area contributed by atoms with Gasteiger partial charge in [0.1, 0.15) is 0 Å². The Morgan fingerprint density at radius 2 is 1.70 bits per heavy atom. The molecule has 0 atom stereocenters. The minimum absolute atomic E-state index is 0.549. The zero-order valence-electron chi connectivity index (χ0n) is 13.4. The lowest BCUT2D eigenvalue weighted by Crippen LogP contribution is -2.43. The fourth-order valence-corrected chi connectivity index (χ4v) is 3.44. The van der Waals surface area contributed by atoms with Crippen LogP contribution in [0, 0.1) is 6.92 Å². The van der Waals surface area contributed by atoms with E-state index in [-0.39, 0.29) is 0 Å². The summed E-state index contributed by atoms with van der Waals surface area (Å²) in [6, 6.07) is 15.3. The first-order valence-electron chi connectivity index (χ1n) is 8.11. The van der Waals surface area contributed by atoms with Crippen molar-refractivity contribution in [1.82, 2.24) is 5.32 Å². The van der Waals surface area contributed by atoms with Crippen molar-refractivity contribution >= 4 is 28.9 Å². The maximum Gasteiger partial charge on any atom is 0.0595 e. The lowest BCUT2D eigenvalue weighted by Gasteiger charge is -2.36. The zero-order chi connectivity index (χ0) is 16.2. The zero-order valence-corrected chi connectivity index (χ0v) is 14.9. The van der Waals surface area contributed by atoms with Crippen LogP contribution in [-0.4, -0.2) is 19.1 Å². The second kappa shape index (κ2) is 7.57. The summed E-state index contributed by atoms with van der Waals surface area (Å²) in [7, 11) is 0. The van der Waals surface area contributed by atoms with Crippen LogP contribution in [-0.2, 0) is 6.54 Å². The molecule has 0 aliphatic carbocycles. The number of hydrogen-bond acceptors (Lipinski definition) is 2. The molecular weight excluding hydrogens is 327 g/mol. The predicted octanol–water partition coefficient (Wildman–Crippen LogP) is 5.06. The van der Waals surface area contributed by atoms with Gasteiger partial charge in [-0.05, 0) is 62.7 Å². The van der Waals surface area contributed by atoms with E-state index in [9.17, 15) is 0 Å². The van der Waals surface area contributed by atoms with Gasteiger partial charge >= 0.3 is 0 Å². The molecule has 0 amide bonds. The molecule has 0 unspecified atom stereocenters. The van der Waals surface area contributed by atoms with Gasteiger partial charge in [-0.25, -0.2) is 0 Å². The third-order valence-electron chi connectivity index (χ3n) is 4.45. The van der Waals surface area contributed by atoms with Gasteiger partial charge in [-0.2, -0.15) is 0 Å². The van der Waals surface area contributed by atoms with E-state index in [0.29, 0.717) is 16.1 Å². The minimum atomic E-state index is 0.549. The molecule has 2 aromatic carbocycles. The summed E-state index contributed by atoms with van der Waals surface area (Å²) < 4.78 is 0. The minimum Gasteiger partial charge on any atom is -0.364 e. The smallest absolute Gasteiger partial charge is 0.0595 e. The van der Waals surface area contributed by atoms with Crippen LogP contribution in [0.5, 0.6) is 0 Å². The van der Waals surface area contributed by atoms with Crippen molar-refractivity contribution in [2.24, 2.45) is 0 Å². The molecule has 3 rings (SSSR count). The molecular formula is C19H22Cl2N2. The van der Waals surface area contributed by atoms with Crippen LogP contribution in [0.2, 0.25) is 10.0 Å².